The summed E-state index contributed by atoms with van der Waals surface area (Å²) in [7, 11) is 13.7. The Morgan fingerprint density at radius 2 is 1.07 bits per heavy atom. The number of hydrogen-bond donors (Lipinski definition) is 6. The van der Waals surface area contributed by atoms with E-state index < -0.39 is 17.7 Å². The normalized spacial score (nSPS) is 11.7. The summed E-state index contributed by atoms with van der Waals surface area (Å²) < 4.78 is 13.0. The number of aryl methyl sites for hydroxylation is 7. The average molecular weight is 1420 g/mol. The molecule has 0 radical (unpaired) electrons. The Bertz CT molecular complexity index is 4060. The third-order valence-corrected chi connectivity index (χ3v) is 14.6. The maximum atomic E-state index is 13.0. The fourth-order valence-electron chi connectivity index (χ4n) is 10.2. The minimum atomic E-state index is -0.510. The minimum absolute atomic E-state index is 0. The summed E-state index contributed by atoms with van der Waals surface area (Å²) in [6, 6.07) is 8.21. The van der Waals surface area contributed by atoms with Crippen LogP contribution < -0.4 is 31.9 Å². The summed E-state index contributed by atoms with van der Waals surface area (Å²) >= 11 is 0. The molecule has 1 aliphatic rings. The molecule has 8 heterocycles. The number of amides is 5. The van der Waals surface area contributed by atoms with Crippen LogP contribution in [-0.4, -0.2) is 143 Å². The Labute approximate surface area is 540 Å². The number of aromatic nitrogens is 9. The fourth-order valence-corrected chi connectivity index (χ4v) is 10.2. The van der Waals surface area contributed by atoms with Gasteiger partial charge in [-0.3, -0.25) is 52.7 Å². The zero-order chi connectivity index (χ0) is 65.8. The summed E-state index contributed by atoms with van der Waals surface area (Å²) in [5.41, 5.74) is 7.16. The number of carbonyl (C=O) groups excluding carboxylic acids is 11. The minimum Gasteiger partial charge on any atom is -0.411 e. The molecule has 7 aromatic rings. The summed E-state index contributed by atoms with van der Waals surface area (Å²) in [6.07, 6.45) is 15.1. The molecule has 28 heteroatoms. The third kappa shape index (κ3) is 18.5. The van der Waals surface area contributed by atoms with Crippen LogP contribution in [-0.2, 0) is 102 Å². The fraction of sp³-hybridized carbons (Fsp3) is 0.349. The number of Topliss-reactive ketones (excluding diaryl/α,β-unsaturated/α-hetero) is 6. The van der Waals surface area contributed by atoms with Crippen molar-refractivity contribution >= 4 is 92.8 Å². The molecule has 1 aliphatic heterocycles. The number of nitrogens with one attached hydrogen (secondary N) is 6. The molecule has 0 saturated carbocycles. The Hall–Kier alpha value is -10.0. The molecule has 0 spiro atoms. The molecule has 8 rings (SSSR count). The van der Waals surface area contributed by atoms with Gasteiger partial charge in [-0.25, -0.2) is 14.5 Å². The van der Waals surface area contributed by atoms with Crippen LogP contribution in [0.3, 0.4) is 0 Å². The van der Waals surface area contributed by atoms with Crippen molar-refractivity contribution < 1.29 is 78.4 Å². The summed E-state index contributed by atoms with van der Waals surface area (Å²) in [5, 5.41) is 16.7. The van der Waals surface area contributed by atoms with E-state index in [0.29, 0.717) is 88.3 Å². The molecular weight excluding hydrogens is 1340 g/mol. The van der Waals surface area contributed by atoms with E-state index in [1.54, 1.807) is 156 Å². The number of allylic oxidation sites excluding steroid dienone is 1. The monoisotopic (exact) mass is 1420 g/mol. The van der Waals surface area contributed by atoms with Crippen molar-refractivity contribution in [2.45, 2.75) is 72.1 Å². The largest absolute Gasteiger partial charge is 0.411 e. The number of carbonyl (C=O) groups is 11. The first-order chi connectivity index (χ1) is 42.6. The van der Waals surface area contributed by atoms with Gasteiger partial charge in [-0.2, -0.15) is 12.5 Å². The van der Waals surface area contributed by atoms with Crippen molar-refractivity contribution in [2.75, 3.05) is 47.9 Å². The number of anilines is 4. The van der Waals surface area contributed by atoms with Gasteiger partial charge in [0.15, 0.2) is 35.2 Å². The van der Waals surface area contributed by atoms with E-state index >= 15 is 0 Å². The molecule has 480 valence electrons. The predicted octanol–water partition coefficient (Wildman–Crippen LogP) is 4.85. The van der Waals surface area contributed by atoms with Crippen molar-refractivity contribution in [1.82, 2.24) is 52.6 Å². The van der Waals surface area contributed by atoms with Crippen molar-refractivity contribution in [3.8, 4) is 0 Å². The first kappa shape index (κ1) is 70.1. The van der Waals surface area contributed by atoms with E-state index in [-0.39, 0.29) is 130 Å². The summed E-state index contributed by atoms with van der Waals surface area (Å²) in [4.78, 5) is 146. The zero-order valence-electron chi connectivity index (χ0n) is 52.9. The SMILES string of the molecule is CC(=O)CCNc1cc(C(=O)Nc2cn(C)c(C(=O)NCCC(=O)Cc3cc(C(=O)Nc4cc(C(C)=O)n(C)c4)n(C)c3)n2)n(C)c1.[CH2-]c1cc(C(=O)Cc2cn(C)c(C(=O)NCCC(=O)Nc3cc(C(=O)CC4=C[N+](C)=C(C(=O)CC)C4)n(C)c3)n2)n(C)c1.[W]. The van der Waals surface area contributed by atoms with Crippen LogP contribution in [0.25, 0.3) is 0 Å². The number of imidazole rings is 2. The van der Waals surface area contributed by atoms with Gasteiger partial charge in [0.05, 0.1) is 47.0 Å². The first-order valence-corrected chi connectivity index (χ1v) is 28.9. The predicted molar refractivity (Wildman–Crippen MR) is 335 cm³/mol. The van der Waals surface area contributed by atoms with Gasteiger partial charge in [-0.15, -0.1) is 6.07 Å². The van der Waals surface area contributed by atoms with Gasteiger partial charge in [0.2, 0.25) is 23.2 Å². The van der Waals surface area contributed by atoms with Crippen molar-refractivity contribution in [3.63, 3.8) is 0 Å². The van der Waals surface area contributed by atoms with Crippen LogP contribution in [0.4, 0.5) is 22.9 Å². The third-order valence-electron chi connectivity index (χ3n) is 14.6. The van der Waals surface area contributed by atoms with Crippen molar-refractivity contribution in [1.29, 1.82) is 0 Å². The van der Waals surface area contributed by atoms with Crippen LogP contribution in [0.5, 0.6) is 0 Å². The second kappa shape index (κ2) is 30.9. The Kier molecular flexibility index (Phi) is 23.8. The second-order valence-corrected chi connectivity index (χ2v) is 22.2. The quantitative estimate of drug-likeness (QED) is 0.0217. The number of rotatable bonds is 28. The Balaban J connectivity index is 0.000000287. The van der Waals surface area contributed by atoms with Gasteiger partial charge < -0.3 is 63.9 Å². The summed E-state index contributed by atoms with van der Waals surface area (Å²) in [6.45, 7) is 9.21. The Morgan fingerprint density at radius 1 is 0.527 bits per heavy atom. The maximum absolute atomic E-state index is 13.0. The Morgan fingerprint density at radius 3 is 1.70 bits per heavy atom. The maximum Gasteiger partial charge on any atom is 0.287 e. The zero-order valence-corrected chi connectivity index (χ0v) is 55.8. The molecule has 0 bridgehead atoms. The van der Waals surface area contributed by atoms with Crippen LogP contribution in [0.2, 0.25) is 0 Å². The van der Waals surface area contributed by atoms with Gasteiger partial charge in [0.25, 0.3) is 23.6 Å². The van der Waals surface area contributed by atoms with E-state index in [0.717, 1.165) is 11.1 Å². The standard InChI is InChI=1S/C32H39N9O6.C31H37N7O5.W/c1-19(42)7-9-33-22-13-27(40(5)16-22)31(46)37-28-18-41(6)29(36-28)32(47)34-10-8-24(44)11-21-12-26(38(3)15-21)30(45)35-23-14-25(20(2)43)39(4)17-23;1-7-26(39)24-11-20(16-36(24)4)12-27(40)25-13-21(17-37(25)5)33-29(42)8-9-32-31(43)30-34-22(18-38(30)6)14-28(41)23-10-19(2)15-35(23)3;/h12-18,33H,7-11H2,1-6H3,(H,34,47)(H,35,45)(H,37,46);10,13,15-18H,2,7-9,11-12,14H2,1,3-6H3,(H,32,43)(H,33,42);. The van der Waals surface area contributed by atoms with Crippen LogP contribution >= 0.6 is 0 Å². The smallest absolute Gasteiger partial charge is 0.287 e. The molecule has 0 atom stereocenters. The molecule has 0 aliphatic carbocycles. The molecule has 0 unspecified atom stereocenters. The topological polar surface area (TPSA) is 323 Å². The van der Waals surface area contributed by atoms with Gasteiger partial charge in [-0.1, -0.05) is 13.1 Å². The first-order valence-electron chi connectivity index (χ1n) is 28.9. The molecule has 91 heavy (non-hydrogen) atoms. The van der Waals surface area contributed by atoms with Crippen molar-refractivity contribution in [2.24, 2.45) is 49.3 Å². The van der Waals surface area contributed by atoms with E-state index in [9.17, 15) is 52.7 Å². The van der Waals surface area contributed by atoms with Gasteiger partial charge in [0, 0.05) is 177 Å². The van der Waals surface area contributed by atoms with E-state index in [4.69, 9.17) is 0 Å². The number of ketones is 6. The van der Waals surface area contributed by atoms with Crippen LogP contribution in [0.15, 0.2) is 85.5 Å². The molecule has 0 saturated heterocycles. The molecule has 6 N–H and O–H groups in total. The van der Waals surface area contributed by atoms with E-state index in [1.165, 1.54) is 24.6 Å². The molecular formula is C63H76N16O11W. The number of nitrogens with zero attached hydrogens (tertiary/aromatic N) is 10. The van der Waals surface area contributed by atoms with Crippen molar-refractivity contribution in [3.05, 3.63) is 149 Å². The van der Waals surface area contributed by atoms with Gasteiger partial charge in [-0.05, 0) is 43.8 Å². The molecule has 0 aromatic carbocycles. The molecule has 5 amide bonds. The van der Waals surface area contributed by atoms with Gasteiger partial charge in [0.1, 0.15) is 30.0 Å². The average Bonchev–Trinajstić information content (AvgIpc) is 2.02. The van der Waals surface area contributed by atoms with E-state index in [1.807, 2.05) is 13.1 Å². The van der Waals surface area contributed by atoms with E-state index in [2.05, 4.69) is 48.8 Å². The van der Waals surface area contributed by atoms with Crippen LogP contribution in [0, 0.1) is 6.92 Å². The second-order valence-electron chi connectivity index (χ2n) is 22.2. The van der Waals surface area contributed by atoms with Crippen LogP contribution in [0.1, 0.15) is 150 Å². The number of hydrogen-bond acceptors (Lipinski definition) is 14. The molecule has 27 nitrogen and oxygen atoms in total. The van der Waals surface area contributed by atoms with Gasteiger partial charge >= 0.3 is 0 Å². The summed E-state index contributed by atoms with van der Waals surface area (Å²) in [5.74, 6) is -2.12. The molecule has 0 fully saturated rings. The molecule has 7 aromatic heterocycles.